The fourth-order valence-electron chi connectivity index (χ4n) is 4.54. The zero-order valence-corrected chi connectivity index (χ0v) is 21.5. The maximum absolute atomic E-state index is 13.2. The van der Waals surface area contributed by atoms with Crippen molar-refractivity contribution in [2.24, 2.45) is 0 Å². The summed E-state index contributed by atoms with van der Waals surface area (Å²) in [5, 5.41) is 17.3. The molecule has 0 bridgehead atoms. The third kappa shape index (κ3) is 5.49. The second kappa shape index (κ2) is 10.6. The highest BCUT2D eigenvalue weighted by molar-refractivity contribution is 5.85. The number of aromatic amines is 1. The Hall–Kier alpha value is -4.32. The molecule has 0 unspecified atom stereocenters. The van der Waals surface area contributed by atoms with Gasteiger partial charge in [0.15, 0.2) is 17.5 Å². The van der Waals surface area contributed by atoms with Crippen molar-refractivity contribution in [1.29, 1.82) is 0 Å². The second-order valence-corrected chi connectivity index (χ2v) is 9.45. The molecule has 5 heterocycles. The topological polar surface area (TPSA) is 126 Å². The van der Waals surface area contributed by atoms with Gasteiger partial charge in [-0.15, -0.1) is 0 Å². The Balaban J connectivity index is 1.19. The molecule has 38 heavy (non-hydrogen) atoms. The number of halogens is 1. The summed E-state index contributed by atoms with van der Waals surface area (Å²) in [7, 11) is 1.58. The van der Waals surface area contributed by atoms with Gasteiger partial charge in [-0.1, -0.05) is 6.07 Å². The smallest absolute Gasteiger partial charge is 0.252 e. The van der Waals surface area contributed by atoms with Crippen LogP contribution in [0.25, 0.3) is 5.82 Å². The van der Waals surface area contributed by atoms with Crippen LogP contribution in [0.15, 0.2) is 48.9 Å². The van der Waals surface area contributed by atoms with Crippen LogP contribution in [0.4, 0.5) is 21.8 Å². The molecule has 1 fully saturated rings. The van der Waals surface area contributed by atoms with E-state index in [0.29, 0.717) is 49.9 Å². The van der Waals surface area contributed by atoms with Gasteiger partial charge in [0.1, 0.15) is 17.2 Å². The Morgan fingerprint density at radius 2 is 1.95 bits per heavy atom. The van der Waals surface area contributed by atoms with Crippen LogP contribution in [0.3, 0.4) is 0 Å². The number of methoxy groups -OCH3 is 1. The maximum atomic E-state index is 13.2. The molecule has 0 spiro atoms. The molecular weight excluding hydrogens is 489 g/mol. The predicted molar refractivity (Wildman–Crippen MR) is 140 cm³/mol. The Bertz CT molecular complexity index is 1410. The molecular formula is C26H30FN9O2. The van der Waals surface area contributed by atoms with Gasteiger partial charge in [0.05, 0.1) is 12.4 Å². The standard InChI is InChI=1S/C26H30FN9O2/c1-17-10-21(31-22-12-18(2)33-34-22)32-24(11-17)35-8-6-26(38-3,7-9-35)25(37)29-14-19-4-5-23(28-13-19)36-16-20(27)15-30-36/h4-5,10-13,15-16H,6-9,14H2,1-3H3,(H,29,37)(H2,31,32,33,34). The van der Waals surface area contributed by atoms with Crippen molar-refractivity contribution in [3.63, 3.8) is 0 Å². The number of pyridine rings is 2. The molecule has 1 saturated heterocycles. The van der Waals surface area contributed by atoms with Gasteiger partial charge < -0.3 is 20.3 Å². The lowest BCUT2D eigenvalue weighted by molar-refractivity contribution is -0.146. The lowest BCUT2D eigenvalue weighted by Gasteiger charge is -2.40. The number of piperidine rings is 1. The van der Waals surface area contributed by atoms with Crippen LogP contribution in [-0.2, 0) is 16.1 Å². The molecule has 4 aromatic rings. The number of anilines is 3. The van der Waals surface area contributed by atoms with Gasteiger partial charge >= 0.3 is 0 Å². The zero-order valence-electron chi connectivity index (χ0n) is 21.5. The van der Waals surface area contributed by atoms with E-state index in [9.17, 15) is 9.18 Å². The van der Waals surface area contributed by atoms with Crippen LogP contribution in [0, 0.1) is 19.7 Å². The Labute approximate surface area is 219 Å². The van der Waals surface area contributed by atoms with Crippen LogP contribution in [-0.4, -0.2) is 61.7 Å². The van der Waals surface area contributed by atoms with Gasteiger partial charge in [-0.25, -0.2) is 19.0 Å². The summed E-state index contributed by atoms with van der Waals surface area (Å²) in [6, 6.07) is 9.47. The van der Waals surface area contributed by atoms with Crippen molar-refractivity contribution in [3.05, 3.63) is 71.6 Å². The van der Waals surface area contributed by atoms with Gasteiger partial charge in [0, 0.05) is 57.5 Å². The molecule has 198 valence electrons. The lowest BCUT2D eigenvalue weighted by Crippen LogP contribution is -2.55. The van der Waals surface area contributed by atoms with Crippen LogP contribution in [0.2, 0.25) is 0 Å². The quantitative estimate of drug-likeness (QED) is 0.324. The molecule has 1 aliphatic rings. The molecule has 3 N–H and O–H groups in total. The minimum atomic E-state index is -0.923. The van der Waals surface area contributed by atoms with Crippen LogP contribution in [0.5, 0.6) is 0 Å². The van der Waals surface area contributed by atoms with Gasteiger partial charge in [-0.3, -0.25) is 9.89 Å². The van der Waals surface area contributed by atoms with Crippen LogP contribution >= 0.6 is 0 Å². The second-order valence-electron chi connectivity index (χ2n) is 9.45. The number of aromatic nitrogens is 6. The van der Waals surface area contributed by atoms with E-state index in [0.717, 1.165) is 28.8 Å². The van der Waals surface area contributed by atoms with Gasteiger partial charge in [-0.05, 0) is 43.2 Å². The van der Waals surface area contributed by atoms with E-state index in [-0.39, 0.29) is 5.91 Å². The first kappa shape index (κ1) is 25.3. The number of rotatable bonds is 8. The van der Waals surface area contributed by atoms with E-state index < -0.39 is 11.4 Å². The maximum Gasteiger partial charge on any atom is 0.252 e. The monoisotopic (exact) mass is 519 g/mol. The average molecular weight is 520 g/mol. The number of hydrogen-bond acceptors (Lipinski definition) is 8. The number of nitrogens with one attached hydrogen (secondary N) is 3. The summed E-state index contributed by atoms with van der Waals surface area (Å²) in [6.45, 7) is 5.51. The Morgan fingerprint density at radius 3 is 2.58 bits per heavy atom. The SMILES string of the molecule is COC1(C(=O)NCc2ccc(-n3cc(F)cn3)nc2)CCN(c2cc(C)cc(Nc3cc(C)[nH]n3)n2)CC1. The zero-order chi connectivity index (χ0) is 26.7. The summed E-state index contributed by atoms with van der Waals surface area (Å²) < 4.78 is 20.3. The molecule has 11 nitrogen and oxygen atoms in total. The third-order valence-corrected chi connectivity index (χ3v) is 6.67. The number of hydrogen-bond donors (Lipinski definition) is 3. The number of ether oxygens (including phenoxy) is 1. The van der Waals surface area contributed by atoms with Crippen molar-refractivity contribution in [2.45, 2.75) is 38.8 Å². The largest absolute Gasteiger partial charge is 0.368 e. The molecule has 5 rings (SSSR count). The first-order chi connectivity index (χ1) is 18.3. The van der Waals surface area contributed by atoms with E-state index in [1.807, 2.05) is 38.1 Å². The summed E-state index contributed by atoms with van der Waals surface area (Å²) in [5.74, 6) is 2.16. The van der Waals surface area contributed by atoms with E-state index in [1.54, 1.807) is 19.4 Å². The molecule has 12 heteroatoms. The molecule has 4 aromatic heterocycles. The van der Waals surface area contributed by atoms with Crippen molar-refractivity contribution in [3.8, 4) is 5.82 Å². The Kier molecular flexibility index (Phi) is 7.05. The summed E-state index contributed by atoms with van der Waals surface area (Å²) in [5.41, 5.74) is 1.93. The molecule has 0 radical (unpaired) electrons. The fraction of sp³-hybridized carbons (Fsp3) is 0.346. The van der Waals surface area contributed by atoms with Crippen LogP contribution < -0.4 is 15.5 Å². The fourth-order valence-corrected chi connectivity index (χ4v) is 4.54. The molecule has 0 saturated carbocycles. The average Bonchev–Trinajstić information content (AvgIpc) is 3.54. The first-order valence-electron chi connectivity index (χ1n) is 12.4. The minimum absolute atomic E-state index is 0.161. The van der Waals surface area contributed by atoms with E-state index in [4.69, 9.17) is 9.72 Å². The molecule has 0 atom stereocenters. The van der Waals surface area contributed by atoms with Crippen molar-refractivity contribution in [2.75, 3.05) is 30.4 Å². The van der Waals surface area contributed by atoms with Gasteiger partial charge in [-0.2, -0.15) is 10.2 Å². The highest BCUT2D eigenvalue weighted by atomic mass is 19.1. The van der Waals surface area contributed by atoms with Crippen LogP contribution in [0.1, 0.15) is 29.7 Å². The highest BCUT2D eigenvalue weighted by Crippen LogP contribution is 2.30. The molecule has 1 amide bonds. The van der Waals surface area contributed by atoms with E-state index in [1.165, 1.54) is 10.9 Å². The molecule has 0 aliphatic carbocycles. The van der Waals surface area contributed by atoms with Gasteiger partial charge in [0.25, 0.3) is 5.91 Å². The minimum Gasteiger partial charge on any atom is -0.368 e. The van der Waals surface area contributed by atoms with E-state index >= 15 is 0 Å². The first-order valence-corrected chi connectivity index (χ1v) is 12.4. The number of carbonyl (C=O) groups excluding carboxylic acids is 1. The number of aryl methyl sites for hydroxylation is 2. The Morgan fingerprint density at radius 1 is 1.13 bits per heavy atom. The molecule has 1 aliphatic heterocycles. The third-order valence-electron chi connectivity index (χ3n) is 6.67. The molecule has 0 aromatic carbocycles. The normalized spacial score (nSPS) is 14.9. The van der Waals surface area contributed by atoms with Crippen molar-refractivity contribution < 1.29 is 13.9 Å². The van der Waals surface area contributed by atoms with Crippen molar-refractivity contribution >= 4 is 23.4 Å². The van der Waals surface area contributed by atoms with Gasteiger partial charge in [0.2, 0.25) is 0 Å². The number of carbonyl (C=O) groups is 1. The summed E-state index contributed by atoms with van der Waals surface area (Å²) in [6.07, 6.45) is 5.05. The summed E-state index contributed by atoms with van der Waals surface area (Å²) in [4.78, 5) is 24.4. The number of nitrogens with zero attached hydrogens (tertiary/aromatic N) is 6. The predicted octanol–water partition coefficient (Wildman–Crippen LogP) is 3.19. The summed E-state index contributed by atoms with van der Waals surface area (Å²) >= 11 is 0. The number of H-pyrrole nitrogens is 1. The lowest BCUT2D eigenvalue weighted by atomic mass is 9.90. The highest BCUT2D eigenvalue weighted by Gasteiger charge is 2.41. The number of amides is 1. The van der Waals surface area contributed by atoms with Crippen molar-refractivity contribution in [1.82, 2.24) is 35.3 Å². The van der Waals surface area contributed by atoms with E-state index in [2.05, 4.69) is 35.8 Å².